The van der Waals surface area contributed by atoms with Crippen molar-refractivity contribution in [1.82, 2.24) is 0 Å². The van der Waals surface area contributed by atoms with E-state index in [9.17, 15) is 9.59 Å². The van der Waals surface area contributed by atoms with Gasteiger partial charge in [0.1, 0.15) is 23.7 Å². The summed E-state index contributed by atoms with van der Waals surface area (Å²) in [4.78, 5) is 27.0. The van der Waals surface area contributed by atoms with Crippen molar-refractivity contribution < 1.29 is 19.1 Å². The van der Waals surface area contributed by atoms with Gasteiger partial charge in [0.25, 0.3) is 0 Å². The van der Waals surface area contributed by atoms with Crippen LogP contribution in [0.4, 0.5) is 0 Å². The van der Waals surface area contributed by atoms with Crippen LogP contribution in [-0.4, -0.2) is 11.6 Å². The topological polar surface area (TPSA) is 52.6 Å². The highest BCUT2D eigenvalue weighted by Crippen LogP contribution is 2.48. The van der Waals surface area contributed by atoms with Gasteiger partial charge in [0.15, 0.2) is 11.6 Å². The highest BCUT2D eigenvalue weighted by Gasteiger charge is 2.42. The molecule has 0 spiro atoms. The lowest BCUT2D eigenvalue weighted by atomic mass is 9.79. The quantitative estimate of drug-likeness (QED) is 0.361. The zero-order valence-electron chi connectivity index (χ0n) is 18.4. The summed E-state index contributed by atoms with van der Waals surface area (Å²) in [6.07, 6.45) is -0.670. The number of ether oxygens (including phenoxy) is 2. The molecule has 2 aliphatic rings. The van der Waals surface area contributed by atoms with Crippen LogP contribution in [0, 0.1) is 0 Å². The van der Waals surface area contributed by atoms with E-state index in [0.717, 1.165) is 11.1 Å². The maximum atomic E-state index is 13.9. The monoisotopic (exact) mass is 446 g/mol. The number of carbonyl (C=O) groups is 2. The molecule has 34 heavy (non-hydrogen) atoms. The fraction of sp³-hybridized carbons (Fsp3) is 0.133. The third-order valence-corrected chi connectivity index (χ3v) is 6.60. The van der Waals surface area contributed by atoms with Crippen LogP contribution in [0.15, 0.2) is 103 Å². The number of fused-ring (bicyclic) bond motifs is 2. The molecule has 4 nitrogen and oxygen atoms in total. The highest BCUT2D eigenvalue weighted by molar-refractivity contribution is 6.06. The van der Waals surface area contributed by atoms with Crippen molar-refractivity contribution in [3.63, 3.8) is 0 Å². The fourth-order valence-corrected chi connectivity index (χ4v) is 4.96. The number of rotatable bonds is 3. The van der Waals surface area contributed by atoms with E-state index in [0.29, 0.717) is 28.2 Å². The van der Waals surface area contributed by atoms with Gasteiger partial charge in [0.05, 0.1) is 23.5 Å². The third-order valence-electron chi connectivity index (χ3n) is 6.60. The minimum atomic E-state index is -0.644. The number of ketones is 2. The second kappa shape index (κ2) is 8.31. The van der Waals surface area contributed by atoms with Crippen molar-refractivity contribution in [3.05, 3.63) is 131 Å². The number of Topliss-reactive ketones (excluding diaryl/α,β-unsaturated/α-hetero) is 2. The van der Waals surface area contributed by atoms with E-state index in [1.54, 1.807) is 12.1 Å². The van der Waals surface area contributed by atoms with Gasteiger partial charge in [0, 0.05) is 5.56 Å². The lowest BCUT2D eigenvalue weighted by Gasteiger charge is -2.35. The summed E-state index contributed by atoms with van der Waals surface area (Å²) in [5, 5.41) is 0. The van der Waals surface area contributed by atoms with E-state index < -0.39 is 18.1 Å². The average Bonchev–Trinajstić information content (AvgIpc) is 2.89. The Bertz CT molecular complexity index is 1380. The van der Waals surface area contributed by atoms with Crippen molar-refractivity contribution >= 4 is 11.6 Å². The molecule has 4 aromatic carbocycles. The van der Waals surface area contributed by atoms with Crippen LogP contribution < -0.4 is 9.47 Å². The van der Waals surface area contributed by atoms with E-state index in [2.05, 4.69) is 0 Å². The maximum Gasteiger partial charge on any atom is 0.178 e. The predicted molar refractivity (Wildman–Crippen MR) is 129 cm³/mol. The third kappa shape index (κ3) is 3.39. The molecule has 3 unspecified atom stereocenters. The smallest absolute Gasteiger partial charge is 0.178 e. The SMILES string of the molecule is O=C1CC(c2ccccc2)Oc2c1cccc2C1C(=O)c2ccccc2OC1c1ccccc1. The molecule has 0 saturated heterocycles. The summed E-state index contributed by atoms with van der Waals surface area (Å²) in [6, 6.07) is 32.3. The maximum absolute atomic E-state index is 13.9. The van der Waals surface area contributed by atoms with Gasteiger partial charge < -0.3 is 9.47 Å². The largest absolute Gasteiger partial charge is 0.484 e. The predicted octanol–water partition coefficient (Wildman–Crippen LogP) is 6.49. The van der Waals surface area contributed by atoms with Crippen molar-refractivity contribution in [2.24, 2.45) is 0 Å². The van der Waals surface area contributed by atoms with Gasteiger partial charge >= 0.3 is 0 Å². The summed E-state index contributed by atoms with van der Waals surface area (Å²) in [5.41, 5.74) is 3.57. The van der Waals surface area contributed by atoms with Gasteiger partial charge in [0.2, 0.25) is 0 Å². The Morgan fingerprint density at radius 3 is 2.03 bits per heavy atom. The van der Waals surface area contributed by atoms with Crippen LogP contribution in [0.5, 0.6) is 11.5 Å². The first kappa shape index (κ1) is 20.4. The number of para-hydroxylation sites is 2. The molecule has 0 aromatic heterocycles. The second-order valence-corrected chi connectivity index (χ2v) is 8.66. The molecule has 3 atom stereocenters. The van der Waals surface area contributed by atoms with Gasteiger partial charge in [-0.05, 0) is 29.3 Å². The normalized spacial score (nSPS) is 21.1. The Hall–Kier alpha value is -4.18. The van der Waals surface area contributed by atoms with Gasteiger partial charge in [-0.25, -0.2) is 0 Å². The van der Waals surface area contributed by atoms with E-state index in [1.807, 2.05) is 91.0 Å². The molecule has 0 saturated carbocycles. The van der Waals surface area contributed by atoms with E-state index in [4.69, 9.17) is 9.47 Å². The summed E-state index contributed by atoms with van der Waals surface area (Å²) in [6.45, 7) is 0. The van der Waals surface area contributed by atoms with Gasteiger partial charge in [-0.15, -0.1) is 0 Å². The Kier molecular flexibility index (Phi) is 4.99. The molecule has 2 heterocycles. The molecule has 0 amide bonds. The molecular formula is C30H22O4. The first-order valence-corrected chi connectivity index (χ1v) is 11.4. The van der Waals surface area contributed by atoms with Gasteiger partial charge in [-0.1, -0.05) is 84.9 Å². The zero-order valence-corrected chi connectivity index (χ0v) is 18.4. The Labute approximate surface area is 197 Å². The fourth-order valence-electron chi connectivity index (χ4n) is 4.96. The Morgan fingerprint density at radius 1 is 0.618 bits per heavy atom. The zero-order chi connectivity index (χ0) is 23.1. The summed E-state index contributed by atoms with van der Waals surface area (Å²) >= 11 is 0. The first-order valence-electron chi connectivity index (χ1n) is 11.4. The molecule has 0 radical (unpaired) electrons. The molecule has 0 N–H and O–H groups in total. The van der Waals surface area contributed by atoms with Crippen molar-refractivity contribution in [2.45, 2.75) is 24.5 Å². The molecule has 0 aliphatic carbocycles. The van der Waals surface area contributed by atoms with Gasteiger partial charge in [-0.2, -0.15) is 0 Å². The first-order chi connectivity index (χ1) is 16.7. The van der Waals surface area contributed by atoms with Crippen LogP contribution in [0.25, 0.3) is 0 Å². The summed E-state index contributed by atoms with van der Waals surface area (Å²) < 4.78 is 12.9. The molecule has 2 aliphatic heterocycles. The van der Waals surface area contributed by atoms with E-state index in [-0.39, 0.29) is 18.0 Å². The minimum absolute atomic E-state index is 0.0118. The molecule has 4 heteroatoms. The van der Waals surface area contributed by atoms with Crippen LogP contribution in [-0.2, 0) is 0 Å². The van der Waals surface area contributed by atoms with E-state index >= 15 is 0 Å². The lowest BCUT2D eigenvalue weighted by Crippen LogP contribution is -2.31. The van der Waals surface area contributed by atoms with Crippen LogP contribution in [0.1, 0.15) is 62.0 Å². The Morgan fingerprint density at radius 2 is 1.26 bits per heavy atom. The number of carbonyl (C=O) groups excluding carboxylic acids is 2. The molecule has 4 aromatic rings. The number of hydrogen-bond donors (Lipinski definition) is 0. The van der Waals surface area contributed by atoms with Crippen molar-refractivity contribution in [2.75, 3.05) is 0 Å². The minimum Gasteiger partial charge on any atom is -0.484 e. The average molecular weight is 447 g/mol. The summed E-state index contributed by atoms with van der Waals surface area (Å²) in [7, 11) is 0. The second-order valence-electron chi connectivity index (χ2n) is 8.66. The van der Waals surface area contributed by atoms with Crippen LogP contribution in [0.3, 0.4) is 0 Å². The molecule has 6 rings (SSSR count). The number of benzene rings is 4. The van der Waals surface area contributed by atoms with Crippen LogP contribution >= 0.6 is 0 Å². The molecule has 0 bridgehead atoms. The van der Waals surface area contributed by atoms with Gasteiger partial charge in [-0.3, -0.25) is 9.59 Å². The standard InChI is InChI=1S/C30H22O4/c31-24-18-26(19-10-3-1-4-11-19)34-30-21(24)15-9-16-23(30)27-28(32)22-14-7-8-17-25(22)33-29(27)20-12-5-2-6-13-20/h1-17,26-27,29H,18H2. The molecule has 0 fully saturated rings. The van der Waals surface area contributed by atoms with Crippen molar-refractivity contribution in [3.8, 4) is 11.5 Å². The highest BCUT2D eigenvalue weighted by atomic mass is 16.5. The van der Waals surface area contributed by atoms with Crippen LogP contribution in [0.2, 0.25) is 0 Å². The Balaban J connectivity index is 1.50. The summed E-state index contributed by atoms with van der Waals surface area (Å²) in [5.74, 6) is 0.380. The number of hydrogen-bond acceptors (Lipinski definition) is 4. The van der Waals surface area contributed by atoms with Crippen molar-refractivity contribution in [1.29, 1.82) is 0 Å². The van der Waals surface area contributed by atoms with E-state index in [1.165, 1.54) is 0 Å². The molecular weight excluding hydrogens is 424 g/mol. The molecule has 166 valence electrons. The lowest BCUT2D eigenvalue weighted by molar-refractivity contribution is 0.0751.